The monoisotopic (exact) mass is 192 g/mol. The summed E-state index contributed by atoms with van der Waals surface area (Å²) in [7, 11) is 1.76. The molecule has 1 unspecified atom stereocenters. The summed E-state index contributed by atoms with van der Waals surface area (Å²) in [4.78, 5) is 23.1. The Bertz CT molecular complexity index is 381. The van der Waals surface area contributed by atoms with Crippen molar-refractivity contribution in [1.29, 1.82) is 0 Å². The Morgan fingerprint density at radius 2 is 2.43 bits per heavy atom. The molecule has 1 atom stereocenters. The van der Waals surface area contributed by atoms with Gasteiger partial charge in [-0.25, -0.2) is 0 Å². The van der Waals surface area contributed by atoms with Gasteiger partial charge in [0.15, 0.2) is 5.78 Å². The van der Waals surface area contributed by atoms with Crippen LogP contribution in [-0.4, -0.2) is 21.3 Å². The molecule has 0 aromatic carbocycles. The molecule has 0 radical (unpaired) electrons. The first-order valence-corrected chi connectivity index (χ1v) is 4.74. The summed E-state index contributed by atoms with van der Waals surface area (Å²) in [5.41, 5.74) is 0.549. The molecule has 0 saturated heterocycles. The minimum absolute atomic E-state index is 0.0689. The molecule has 0 amide bonds. The first-order valence-electron chi connectivity index (χ1n) is 4.74. The molecule has 74 valence electrons. The number of hydrogen-bond donors (Lipinski definition) is 0. The molecular formula is C10H12N2O2. The molecule has 2 rings (SSSR count). The van der Waals surface area contributed by atoms with Crippen LogP contribution in [0.2, 0.25) is 0 Å². The molecule has 14 heavy (non-hydrogen) atoms. The van der Waals surface area contributed by atoms with Crippen LogP contribution < -0.4 is 0 Å². The van der Waals surface area contributed by atoms with Crippen molar-refractivity contribution in [2.24, 2.45) is 13.0 Å². The molecule has 0 aliphatic heterocycles. The van der Waals surface area contributed by atoms with Crippen molar-refractivity contribution >= 4 is 11.6 Å². The van der Waals surface area contributed by atoms with Crippen LogP contribution in [0.25, 0.3) is 0 Å². The maximum Gasteiger partial charge on any atom is 0.176 e. The van der Waals surface area contributed by atoms with E-state index in [1.54, 1.807) is 17.9 Å². The van der Waals surface area contributed by atoms with Crippen LogP contribution in [-0.2, 0) is 11.8 Å². The van der Waals surface area contributed by atoms with Crippen molar-refractivity contribution in [3.8, 4) is 0 Å². The Morgan fingerprint density at radius 1 is 1.64 bits per heavy atom. The van der Waals surface area contributed by atoms with Crippen LogP contribution in [0.15, 0.2) is 12.4 Å². The maximum atomic E-state index is 11.8. The van der Waals surface area contributed by atoms with E-state index in [2.05, 4.69) is 5.10 Å². The Labute approximate surface area is 81.9 Å². The van der Waals surface area contributed by atoms with Crippen LogP contribution in [0.4, 0.5) is 0 Å². The molecule has 1 heterocycles. The second kappa shape index (κ2) is 3.36. The molecule has 1 saturated carbocycles. The third kappa shape index (κ3) is 1.47. The minimum atomic E-state index is -0.404. The third-order valence-electron chi connectivity index (χ3n) is 2.61. The molecule has 1 aliphatic rings. The fraction of sp³-hybridized carbons (Fsp3) is 0.500. The fourth-order valence-corrected chi connectivity index (χ4v) is 1.84. The summed E-state index contributed by atoms with van der Waals surface area (Å²) in [5, 5.41) is 3.92. The topological polar surface area (TPSA) is 52.0 Å². The van der Waals surface area contributed by atoms with Gasteiger partial charge in [-0.1, -0.05) is 0 Å². The van der Waals surface area contributed by atoms with E-state index in [0.29, 0.717) is 18.4 Å². The highest BCUT2D eigenvalue weighted by molar-refractivity contribution is 6.11. The highest BCUT2D eigenvalue weighted by atomic mass is 16.2. The van der Waals surface area contributed by atoms with Crippen molar-refractivity contribution < 1.29 is 9.59 Å². The summed E-state index contributed by atoms with van der Waals surface area (Å²) in [6.07, 6.45) is 5.28. The van der Waals surface area contributed by atoms with E-state index in [1.807, 2.05) is 0 Å². The van der Waals surface area contributed by atoms with Gasteiger partial charge in [0.1, 0.15) is 5.78 Å². The normalized spacial score (nSPS) is 21.5. The van der Waals surface area contributed by atoms with Gasteiger partial charge in [-0.3, -0.25) is 14.3 Å². The van der Waals surface area contributed by atoms with Crippen molar-refractivity contribution in [2.45, 2.75) is 19.3 Å². The van der Waals surface area contributed by atoms with Gasteiger partial charge >= 0.3 is 0 Å². The van der Waals surface area contributed by atoms with Crippen molar-refractivity contribution in [2.75, 3.05) is 0 Å². The van der Waals surface area contributed by atoms with E-state index in [9.17, 15) is 9.59 Å². The SMILES string of the molecule is Cn1cc(C(=O)C2CCCC2=O)cn1. The van der Waals surface area contributed by atoms with Gasteiger partial charge < -0.3 is 0 Å². The summed E-state index contributed by atoms with van der Waals surface area (Å²) < 4.78 is 1.58. The number of nitrogens with zero attached hydrogens (tertiary/aromatic N) is 2. The highest BCUT2D eigenvalue weighted by Gasteiger charge is 2.31. The molecule has 0 bridgehead atoms. The average molecular weight is 192 g/mol. The lowest BCUT2D eigenvalue weighted by molar-refractivity contribution is -0.119. The molecule has 0 spiro atoms. The van der Waals surface area contributed by atoms with Crippen LogP contribution in [0.5, 0.6) is 0 Å². The smallest absolute Gasteiger partial charge is 0.176 e. The van der Waals surface area contributed by atoms with Crippen molar-refractivity contribution in [3.63, 3.8) is 0 Å². The lowest BCUT2D eigenvalue weighted by Gasteiger charge is -2.03. The lowest BCUT2D eigenvalue weighted by Crippen LogP contribution is -2.18. The molecule has 0 N–H and O–H groups in total. The first-order chi connectivity index (χ1) is 6.68. The quantitative estimate of drug-likeness (QED) is 0.518. The number of aryl methyl sites for hydroxylation is 1. The zero-order valence-corrected chi connectivity index (χ0v) is 8.06. The second-order valence-corrected chi connectivity index (χ2v) is 3.68. The van der Waals surface area contributed by atoms with E-state index < -0.39 is 5.92 Å². The molecule has 1 aliphatic carbocycles. The number of Topliss-reactive ketones (excluding diaryl/α,β-unsaturated/α-hetero) is 2. The van der Waals surface area contributed by atoms with E-state index >= 15 is 0 Å². The molecule has 4 nitrogen and oxygen atoms in total. The third-order valence-corrected chi connectivity index (χ3v) is 2.61. The zero-order chi connectivity index (χ0) is 10.1. The van der Waals surface area contributed by atoms with Crippen molar-refractivity contribution in [1.82, 2.24) is 9.78 Å². The predicted molar refractivity (Wildman–Crippen MR) is 49.9 cm³/mol. The molecule has 4 heteroatoms. The molecular weight excluding hydrogens is 180 g/mol. The predicted octanol–water partition coefficient (Wildman–Crippen LogP) is 0.972. The Morgan fingerprint density at radius 3 is 2.93 bits per heavy atom. The number of rotatable bonds is 2. The summed E-state index contributed by atoms with van der Waals surface area (Å²) >= 11 is 0. The van der Waals surface area contributed by atoms with Crippen molar-refractivity contribution in [3.05, 3.63) is 18.0 Å². The average Bonchev–Trinajstić information content (AvgIpc) is 2.73. The van der Waals surface area contributed by atoms with Gasteiger partial charge in [-0.05, 0) is 12.8 Å². The molecule has 1 fully saturated rings. The summed E-state index contributed by atoms with van der Waals surface area (Å²) in [6, 6.07) is 0. The standard InChI is InChI=1S/C10H12N2O2/c1-12-6-7(5-11-12)10(14)8-3-2-4-9(8)13/h5-6,8H,2-4H2,1H3. The Hall–Kier alpha value is -1.45. The zero-order valence-electron chi connectivity index (χ0n) is 8.06. The molecule has 1 aromatic heterocycles. The van der Waals surface area contributed by atoms with Gasteiger partial charge in [-0.2, -0.15) is 5.10 Å². The van der Waals surface area contributed by atoms with Gasteiger partial charge in [-0.15, -0.1) is 0 Å². The number of ketones is 2. The number of carbonyl (C=O) groups excluding carboxylic acids is 2. The molecule has 1 aromatic rings. The fourth-order valence-electron chi connectivity index (χ4n) is 1.84. The lowest BCUT2D eigenvalue weighted by atomic mass is 9.98. The highest BCUT2D eigenvalue weighted by Crippen LogP contribution is 2.24. The van der Waals surface area contributed by atoms with Gasteiger partial charge in [0.05, 0.1) is 17.7 Å². The largest absolute Gasteiger partial charge is 0.299 e. The van der Waals surface area contributed by atoms with E-state index in [0.717, 1.165) is 6.42 Å². The minimum Gasteiger partial charge on any atom is -0.299 e. The van der Waals surface area contributed by atoms with Gasteiger partial charge in [0.25, 0.3) is 0 Å². The maximum absolute atomic E-state index is 11.8. The van der Waals surface area contributed by atoms with E-state index in [-0.39, 0.29) is 11.6 Å². The number of hydrogen-bond acceptors (Lipinski definition) is 3. The van der Waals surface area contributed by atoms with Crippen LogP contribution in [0.3, 0.4) is 0 Å². The van der Waals surface area contributed by atoms with Gasteiger partial charge in [0, 0.05) is 19.7 Å². The van der Waals surface area contributed by atoms with E-state index in [4.69, 9.17) is 0 Å². The Balaban J connectivity index is 2.19. The van der Waals surface area contributed by atoms with E-state index in [1.165, 1.54) is 6.20 Å². The second-order valence-electron chi connectivity index (χ2n) is 3.68. The van der Waals surface area contributed by atoms with Crippen LogP contribution >= 0.6 is 0 Å². The van der Waals surface area contributed by atoms with Gasteiger partial charge in [0.2, 0.25) is 0 Å². The summed E-state index contributed by atoms with van der Waals surface area (Å²) in [6.45, 7) is 0. The Kier molecular flexibility index (Phi) is 2.19. The van der Waals surface area contributed by atoms with Crippen LogP contribution in [0.1, 0.15) is 29.6 Å². The van der Waals surface area contributed by atoms with Crippen LogP contribution in [0, 0.1) is 5.92 Å². The number of aromatic nitrogens is 2. The summed E-state index contributed by atoms with van der Waals surface area (Å²) in [5.74, 6) is -0.390. The number of carbonyl (C=O) groups is 2. The first kappa shape index (κ1) is 9.12.